The van der Waals surface area contributed by atoms with Crippen LogP contribution >= 0.6 is 0 Å². The van der Waals surface area contributed by atoms with Gasteiger partial charge in [0.05, 0.1) is 0 Å². The Kier molecular flexibility index (Phi) is 3.83. The lowest BCUT2D eigenvalue weighted by molar-refractivity contribution is 0.0758. The first-order valence-corrected chi connectivity index (χ1v) is 7.08. The molecule has 19 heavy (non-hydrogen) atoms. The molecule has 0 saturated heterocycles. The highest BCUT2D eigenvalue weighted by molar-refractivity contribution is 5.94. The van der Waals surface area contributed by atoms with Crippen LogP contribution in [-0.4, -0.2) is 29.5 Å². The van der Waals surface area contributed by atoms with Gasteiger partial charge in [-0.05, 0) is 58.2 Å². The minimum atomic E-state index is -0.135. The average Bonchev–Trinajstić information content (AvgIpc) is 2.38. The lowest BCUT2D eigenvalue weighted by atomic mass is 9.93. The van der Waals surface area contributed by atoms with Crippen LogP contribution in [0.4, 0.5) is 0 Å². The fraction of sp³-hybridized carbons (Fsp3) is 0.562. The van der Waals surface area contributed by atoms with Gasteiger partial charge >= 0.3 is 0 Å². The Balaban J connectivity index is 2.28. The molecule has 0 N–H and O–H groups in total. The Labute approximate surface area is 115 Å². The highest BCUT2D eigenvalue weighted by atomic mass is 16.5. The number of aryl methyl sites for hydroxylation is 1. The molecule has 0 spiro atoms. The lowest BCUT2D eigenvalue weighted by Crippen LogP contribution is -2.33. The van der Waals surface area contributed by atoms with Gasteiger partial charge < -0.3 is 9.64 Å². The fourth-order valence-corrected chi connectivity index (χ4v) is 2.47. The van der Waals surface area contributed by atoms with E-state index >= 15 is 0 Å². The third-order valence-electron chi connectivity index (χ3n) is 3.75. The number of carbonyl (C=O) groups is 1. The van der Waals surface area contributed by atoms with Gasteiger partial charge in [0.1, 0.15) is 11.4 Å². The summed E-state index contributed by atoms with van der Waals surface area (Å²) in [6.07, 6.45) is 2.03. The Morgan fingerprint density at radius 3 is 2.63 bits per heavy atom. The van der Waals surface area contributed by atoms with E-state index < -0.39 is 0 Å². The van der Waals surface area contributed by atoms with Crippen LogP contribution in [0, 0.1) is 0 Å². The summed E-state index contributed by atoms with van der Waals surface area (Å²) in [5.41, 5.74) is 1.79. The molecule has 0 atom stereocenters. The maximum absolute atomic E-state index is 12.3. The van der Waals surface area contributed by atoms with Gasteiger partial charge in [0, 0.05) is 18.7 Å². The van der Waals surface area contributed by atoms with Crippen molar-refractivity contribution in [1.29, 1.82) is 0 Å². The quantitative estimate of drug-likeness (QED) is 0.835. The van der Waals surface area contributed by atoms with Crippen LogP contribution in [0.1, 0.15) is 50.0 Å². The zero-order chi connectivity index (χ0) is 14.0. The Hall–Kier alpha value is -1.51. The minimum absolute atomic E-state index is 0.0831. The maximum atomic E-state index is 12.3. The van der Waals surface area contributed by atoms with Crippen LogP contribution < -0.4 is 4.74 Å². The predicted molar refractivity (Wildman–Crippen MR) is 76.7 cm³/mol. The van der Waals surface area contributed by atoms with E-state index in [0.29, 0.717) is 0 Å². The summed E-state index contributed by atoms with van der Waals surface area (Å²) in [6, 6.07) is 5.85. The van der Waals surface area contributed by atoms with E-state index in [4.69, 9.17) is 4.74 Å². The number of rotatable bonds is 3. The highest BCUT2D eigenvalue weighted by Crippen LogP contribution is 2.33. The number of ether oxygens (including phenoxy) is 1. The van der Waals surface area contributed by atoms with Gasteiger partial charge in [0.25, 0.3) is 5.91 Å². The molecule has 1 aliphatic heterocycles. The van der Waals surface area contributed by atoms with E-state index in [0.717, 1.165) is 37.2 Å². The fourth-order valence-electron chi connectivity index (χ4n) is 2.47. The van der Waals surface area contributed by atoms with Crippen molar-refractivity contribution in [3.8, 4) is 5.75 Å². The summed E-state index contributed by atoms with van der Waals surface area (Å²) in [5.74, 6) is 0.953. The maximum Gasteiger partial charge on any atom is 0.253 e. The molecule has 104 valence electrons. The first-order valence-electron chi connectivity index (χ1n) is 7.08. The summed E-state index contributed by atoms with van der Waals surface area (Å²) in [4.78, 5) is 14.2. The zero-order valence-corrected chi connectivity index (χ0v) is 12.3. The molecule has 1 aliphatic rings. The van der Waals surface area contributed by atoms with Gasteiger partial charge in [-0.2, -0.15) is 0 Å². The topological polar surface area (TPSA) is 29.5 Å². The first-order chi connectivity index (χ1) is 8.96. The second kappa shape index (κ2) is 5.24. The summed E-state index contributed by atoms with van der Waals surface area (Å²) >= 11 is 0. The zero-order valence-electron chi connectivity index (χ0n) is 12.3. The number of carbonyl (C=O) groups excluding carboxylic acids is 1. The first kappa shape index (κ1) is 13.9. The summed E-state index contributed by atoms with van der Waals surface area (Å²) < 4.78 is 5.99. The molecular formula is C16H23NO2. The van der Waals surface area contributed by atoms with Gasteiger partial charge in [-0.3, -0.25) is 4.79 Å². The molecule has 0 radical (unpaired) electrons. The van der Waals surface area contributed by atoms with E-state index in [2.05, 4.69) is 13.8 Å². The van der Waals surface area contributed by atoms with E-state index in [1.165, 1.54) is 5.56 Å². The van der Waals surface area contributed by atoms with Crippen molar-refractivity contribution < 1.29 is 9.53 Å². The monoisotopic (exact) mass is 261 g/mol. The van der Waals surface area contributed by atoms with Gasteiger partial charge in [-0.1, -0.05) is 6.07 Å². The molecule has 1 heterocycles. The molecule has 1 aromatic rings. The van der Waals surface area contributed by atoms with Crippen molar-refractivity contribution >= 4 is 5.91 Å². The van der Waals surface area contributed by atoms with Crippen molar-refractivity contribution in [2.75, 3.05) is 13.1 Å². The number of benzene rings is 1. The van der Waals surface area contributed by atoms with E-state index in [1.807, 2.05) is 36.9 Å². The van der Waals surface area contributed by atoms with Gasteiger partial charge in [-0.25, -0.2) is 0 Å². The Morgan fingerprint density at radius 2 is 2.00 bits per heavy atom. The summed E-state index contributed by atoms with van der Waals surface area (Å²) in [6.45, 7) is 9.65. The van der Waals surface area contributed by atoms with Crippen LogP contribution in [0.5, 0.6) is 5.75 Å². The second-order valence-corrected chi connectivity index (χ2v) is 5.66. The van der Waals surface area contributed by atoms with Gasteiger partial charge in [0.15, 0.2) is 0 Å². The molecule has 3 nitrogen and oxygen atoms in total. The molecule has 0 saturated carbocycles. The molecular weight excluding hydrogens is 238 g/mol. The van der Waals surface area contributed by atoms with E-state index in [1.54, 1.807) is 0 Å². The van der Waals surface area contributed by atoms with Crippen LogP contribution in [0.3, 0.4) is 0 Å². The van der Waals surface area contributed by atoms with Crippen LogP contribution in [0.2, 0.25) is 0 Å². The standard InChI is InChI=1S/C16H23NO2/c1-5-17(6-2)15(18)13-8-7-12-9-10-16(3,4)19-14(12)11-13/h7-8,11H,5-6,9-10H2,1-4H3. The van der Waals surface area contributed by atoms with Gasteiger partial charge in [-0.15, -0.1) is 0 Å². The number of hydrogen-bond acceptors (Lipinski definition) is 2. The SMILES string of the molecule is CCN(CC)C(=O)c1ccc2c(c1)OC(C)(C)CC2. The van der Waals surface area contributed by atoms with Crippen molar-refractivity contribution in [3.05, 3.63) is 29.3 Å². The minimum Gasteiger partial charge on any atom is -0.488 e. The predicted octanol–water partition coefficient (Wildman–Crippen LogP) is 3.27. The normalized spacial score (nSPS) is 16.4. The summed E-state index contributed by atoms with van der Waals surface area (Å²) in [7, 11) is 0. The third kappa shape index (κ3) is 2.91. The number of fused-ring (bicyclic) bond motifs is 1. The van der Waals surface area contributed by atoms with Crippen molar-refractivity contribution in [2.24, 2.45) is 0 Å². The van der Waals surface area contributed by atoms with Crippen LogP contribution in [0.25, 0.3) is 0 Å². The summed E-state index contributed by atoms with van der Waals surface area (Å²) in [5, 5.41) is 0. The molecule has 0 unspecified atom stereocenters. The molecule has 0 aliphatic carbocycles. The molecule has 1 aromatic carbocycles. The van der Waals surface area contributed by atoms with Crippen molar-refractivity contribution in [3.63, 3.8) is 0 Å². The van der Waals surface area contributed by atoms with Crippen LogP contribution in [-0.2, 0) is 6.42 Å². The van der Waals surface area contributed by atoms with Crippen LogP contribution in [0.15, 0.2) is 18.2 Å². The Bertz CT molecular complexity index is 476. The largest absolute Gasteiger partial charge is 0.488 e. The highest BCUT2D eigenvalue weighted by Gasteiger charge is 2.27. The van der Waals surface area contributed by atoms with Crippen molar-refractivity contribution in [1.82, 2.24) is 4.90 Å². The number of hydrogen-bond donors (Lipinski definition) is 0. The van der Waals surface area contributed by atoms with Crippen molar-refractivity contribution in [2.45, 2.75) is 46.1 Å². The smallest absolute Gasteiger partial charge is 0.253 e. The molecule has 0 aromatic heterocycles. The molecule has 2 rings (SSSR count). The third-order valence-corrected chi connectivity index (χ3v) is 3.75. The molecule has 3 heteroatoms. The number of amides is 1. The molecule has 1 amide bonds. The van der Waals surface area contributed by atoms with E-state index in [-0.39, 0.29) is 11.5 Å². The Morgan fingerprint density at radius 1 is 1.32 bits per heavy atom. The number of nitrogens with zero attached hydrogens (tertiary/aromatic N) is 1. The van der Waals surface area contributed by atoms with Gasteiger partial charge in [0.2, 0.25) is 0 Å². The second-order valence-electron chi connectivity index (χ2n) is 5.66. The van der Waals surface area contributed by atoms with E-state index in [9.17, 15) is 4.79 Å². The molecule has 0 bridgehead atoms. The lowest BCUT2D eigenvalue weighted by Gasteiger charge is -2.33. The molecule has 0 fully saturated rings. The average molecular weight is 261 g/mol.